The Hall–Kier alpha value is -2.66. The molecule has 4 rings (SSSR count). The molecule has 9 nitrogen and oxygen atoms in total. The molecule has 0 saturated carbocycles. The van der Waals surface area contributed by atoms with E-state index >= 15 is 0 Å². The number of rotatable bonds is 3. The Kier molecular flexibility index (Phi) is 4.04. The average molecular weight is 377 g/mol. The van der Waals surface area contributed by atoms with Gasteiger partial charge in [0.1, 0.15) is 12.1 Å². The van der Waals surface area contributed by atoms with Gasteiger partial charge in [-0.1, -0.05) is 5.21 Å². The normalized spacial score (nSPS) is 16.3. The number of halogens is 1. The van der Waals surface area contributed by atoms with Gasteiger partial charge in [-0.05, 0) is 24.3 Å². The molecular weight excluding hydrogens is 361 g/mol. The van der Waals surface area contributed by atoms with E-state index in [2.05, 4.69) is 20.3 Å². The zero-order chi connectivity index (χ0) is 18.3. The van der Waals surface area contributed by atoms with E-state index in [1.165, 1.54) is 22.8 Å². The molecule has 26 heavy (non-hydrogen) atoms. The number of anilines is 1. The fraction of sp³-hybridized carbons (Fsp3) is 0.333. The van der Waals surface area contributed by atoms with Crippen LogP contribution in [-0.4, -0.2) is 63.9 Å². The number of piperazine rings is 1. The number of sulfonamides is 1. The predicted octanol–water partition coefficient (Wildman–Crippen LogP) is 0.408. The quantitative estimate of drug-likeness (QED) is 0.652. The van der Waals surface area contributed by atoms with Crippen LogP contribution >= 0.6 is 0 Å². The van der Waals surface area contributed by atoms with Crippen LogP contribution < -0.4 is 4.90 Å². The molecule has 3 heterocycles. The molecule has 136 valence electrons. The summed E-state index contributed by atoms with van der Waals surface area (Å²) >= 11 is 0. The van der Waals surface area contributed by atoms with Gasteiger partial charge >= 0.3 is 0 Å². The summed E-state index contributed by atoms with van der Waals surface area (Å²) in [5.41, 5.74) is 1.21. The minimum atomic E-state index is -3.65. The fourth-order valence-electron chi connectivity index (χ4n) is 2.97. The summed E-state index contributed by atoms with van der Waals surface area (Å²) in [6, 6.07) is 4.86. The van der Waals surface area contributed by atoms with E-state index in [0.717, 1.165) is 12.1 Å². The Bertz CT molecular complexity index is 1040. The molecule has 1 aromatic carbocycles. The summed E-state index contributed by atoms with van der Waals surface area (Å²) in [7, 11) is -1.90. The van der Waals surface area contributed by atoms with Crippen molar-refractivity contribution in [2.24, 2.45) is 7.05 Å². The van der Waals surface area contributed by atoms with Crippen LogP contribution in [0.5, 0.6) is 0 Å². The summed E-state index contributed by atoms with van der Waals surface area (Å²) in [4.78, 5) is 10.5. The first-order chi connectivity index (χ1) is 12.5. The van der Waals surface area contributed by atoms with Gasteiger partial charge in [0.05, 0.1) is 4.90 Å². The molecule has 1 saturated heterocycles. The summed E-state index contributed by atoms with van der Waals surface area (Å²) in [5, 5.41) is 8.05. The second-order valence-electron chi connectivity index (χ2n) is 5.93. The number of aryl methyl sites for hydroxylation is 1. The first-order valence-corrected chi connectivity index (χ1v) is 9.42. The van der Waals surface area contributed by atoms with Crippen molar-refractivity contribution in [1.29, 1.82) is 0 Å². The van der Waals surface area contributed by atoms with E-state index < -0.39 is 15.8 Å². The molecule has 3 aromatic rings. The third-order valence-electron chi connectivity index (χ3n) is 4.36. The zero-order valence-electron chi connectivity index (χ0n) is 13.9. The second kappa shape index (κ2) is 6.25. The van der Waals surface area contributed by atoms with Crippen LogP contribution in [0.2, 0.25) is 0 Å². The largest absolute Gasteiger partial charge is 0.352 e. The van der Waals surface area contributed by atoms with Crippen molar-refractivity contribution >= 4 is 27.0 Å². The monoisotopic (exact) mass is 377 g/mol. The van der Waals surface area contributed by atoms with Gasteiger partial charge in [-0.25, -0.2) is 27.5 Å². The lowest BCUT2D eigenvalue weighted by Gasteiger charge is -2.34. The number of aromatic nitrogens is 5. The number of benzene rings is 1. The number of hydrogen-bond acceptors (Lipinski definition) is 7. The molecule has 0 aliphatic carbocycles. The van der Waals surface area contributed by atoms with Crippen LogP contribution in [0, 0.1) is 5.82 Å². The molecule has 0 radical (unpaired) electrons. The van der Waals surface area contributed by atoms with Crippen LogP contribution in [0.3, 0.4) is 0 Å². The number of nitrogens with zero attached hydrogens (tertiary/aromatic N) is 7. The summed E-state index contributed by atoms with van der Waals surface area (Å²) in [6.07, 6.45) is 1.45. The Morgan fingerprint density at radius 2 is 1.73 bits per heavy atom. The fourth-order valence-corrected chi connectivity index (χ4v) is 4.39. The second-order valence-corrected chi connectivity index (χ2v) is 7.87. The van der Waals surface area contributed by atoms with Crippen molar-refractivity contribution < 1.29 is 12.8 Å². The Balaban J connectivity index is 1.54. The van der Waals surface area contributed by atoms with E-state index in [9.17, 15) is 12.8 Å². The first kappa shape index (κ1) is 16.8. The lowest BCUT2D eigenvalue weighted by molar-refractivity contribution is 0.384. The molecule has 1 fully saturated rings. The third kappa shape index (κ3) is 2.78. The highest BCUT2D eigenvalue weighted by Crippen LogP contribution is 2.23. The summed E-state index contributed by atoms with van der Waals surface area (Å²) < 4.78 is 41.4. The third-order valence-corrected chi connectivity index (χ3v) is 6.27. The first-order valence-electron chi connectivity index (χ1n) is 7.98. The SMILES string of the molecule is Cn1nnc2c(N3CCN(S(=O)(=O)c4ccc(F)cc4)CC3)ncnc21. The molecule has 0 amide bonds. The Morgan fingerprint density at radius 1 is 1.04 bits per heavy atom. The highest BCUT2D eigenvalue weighted by atomic mass is 32.2. The van der Waals surface area contributed by atoms with Crippen LogP contribution in [0.25, 0.3) is 11.2 Å². The van der Waals surface area contributed by atoms with Gasteiger partial charge in [0, 0.05) is 33.2 Å². The van der Waals surface area contributed by atoms with Crippen LogP contribution in [-0.2, 0) is 17.1 Å². The Labute approximate surface area is 149 Å². The summed E-state index contributed by atoms with van der Waals surface area (Å²) in [6.45, 7) is 1.52. The van der Waals surface area contributed by atoms with Crippen molar-refractivity contribution in [2.45, 2.75) is 4.90 Å². The van der Waals surface area contributed by atoms with Gasteiger partial charge in [0.25, 0.3) is 0 Å². The Morgan fingerprint density at radius 3 is 2.42 bits per heavy atom. The molecule has 0 bridgehead atoms. The molecule has 0 spiro atoms. The van der Waals surface area contributed by atoms with E-state index in [-0.39, 0.29) is 4.90 Å². The minimum Gasteiger partial charge on any atom is -0.352 e. The maximum Gasteiger partial charge on any atom is 0.243 e. The van der Waals surface area contributed by atoms with Crippen LogP contribution in [0.1, 0.15) is 0 Å². The molecule has 1 aliphatic rings. The molecule has 0 unspecified atom stereocenters. The van der Waals surface area contributed by atoms with Crippen molar-refractivity contribution in [3.8, 4) is 0 Å². The standard InChI is InChI=1S/C15H16FN7O2S/c1-21-14-13(19-20-21)15(18-10-17-14)22-6-8-23(9-7-22)26(24,25)12-4-2-11(16)3-5-12/h2-5,10H,6-9H2,1H3. The smallest absolute Gasteiger partial charge is 0.243 e. The van der Waals surface area contributed by atoms with Gasteiger partial charge in [-0.3, -0.25) is 0 Å². The predicted molar refractivity (Wildman–Crippen MR) is 91.5 cm³/mol. The van der Waals surface area contributed by atoms with Gasteiger partial charge in [-0.2, -0.15) is 4.31 Å². The highest BCUT2D eigenvalue weighted by Gasteiger charge is 2.30. The van der Waals surface area contributed by atoms with Crippen molar-refractivity contribution in [3.63, 3.8) is 0 Å². The maximum atomic E-state index is 13.0. The average Bonchev–Trinajstić information content (AvgIpc) is 3.03. The van der Waals surface area contributed by atoms with Gasteiger partial charge < -0.3 is 4.90 Å². The molecule has 2 aromatic heterocycles. The van der Waals surface area contributed by atoms with Crippen LogP contribution in [0.4, 0.5) is 10.2 Å². The highest BCUT2D eigenvalue weighted by molar-refractivity contribution is 7.89. The van der Waals surface area contributed by atoms with E-state index in [1.807, 2.05) is 4.90 Å². The topological polar surface area (TPSA) is 97.1 Å². The van der Waals surface area contributed by atoms with Gasteiger partial charge in [-0.15, -0.1) is 5.10 Å². The molecule has 11 heteroatoms. The number of hydrogen-bond donors (Lipinski definition) is 0. The molecule has 0 atom stereocenters. The zero-order valence-corrected chi connectivity index (χ0v) is 14.8. The van der Waals surface area contributed by atoms with Crippen LogP contribution in [0.15, 0.2) is 35.5 Å². The van der Waals surface area contributed by atoms with Crippen molar-refractivity contribution in [1.82, 2.24) is 29.3 Å². The van der Waals surface area contributed by atoms with Crippen molar-refractivity contribution in [3.05, 3.63) is 36.4 Å². The molecule has 1 aliphatic heterocycles. The molecule has 0 N–H and O–H groups in total. The maximum absolute atomic E-state index is 13.0. The van der Waals surface area contributed by atoms with Gasteiger partial charge in [0.2, 0.25) is 10.0 Å². The lowest BCUT2D eigenvalue weighted by Crippen LogP contribution is -2.49. The lowest BCUT2D eigenvalue weighted by atomic mass is 10.3. The van der Waals surface area contributed by atoms with E-state index in [1.54, 1.807) is 11.7 Å². The van der Waals surface area contributed by atoms with Crippen molar-refractivity contribution in [2.75, 3.05) is 31.1 Å². The van der Waals surface area contributed by atoms with E-state index in [4.69, 9.17) is 0 Å². The minimum absolute atomic E-state index is 0.0886. The van der Waals surface area contributed by atoms with Gasteiger partial charge in [0.15, 0.2) is 17.0 Å². The van der Waals surface area contributed by atoms with E-state index in [0.29, 0.717) is 43.2 Å². The summed E-state index contributed by atoms with van der Waals surface area (Å²) in [5.74, 6) is 0.174. The number of fused-ring (bicyclic) bond motifs is 1. The molecular formula is C15H16FN7O2S.